The highest BCUT2D eigenvalue weighted by atomic mass is 35.5. The molecule has 84 valence electrons. The van der Waals surface area contributed by atoms with Gasteiger partial charge >= 0.3 is 5.97 Å². The van der Waals surface area contributed by atoms with E-state index >= 15 is 0 Å². The van der Waals surface area contributed by atoms with Crippen LogP contribution in [0.15, 0.2) is 18.2 Å². The summed E-state index contributed by atoms with van der Waals surface area (Å²) in [5.74, 6) is -0.502. The molecule has 0 saturated heterocycles. The molecule has 0 N–H and O–H groups in total. The SMILES string of the molecule is CC(C#N)OC(=O)Cc1cccc(Cl)c1Cl. The molecule has 0 aromatic heterocycles. The Morgan fingerprint density at radius 1 is 1.56 bits per heavy atom. The molecule has 0 radical (unpaired) electrons. The van der Waals surface area contributed by atoms with Crippen molar-refractivity contribution in [3.63, 3.8) is 0 Å². The normalized spacial score (nSPS) is 11.6. The van der Waals surface area contributed by atoms with Gasteiger partial charge in [0.05, 0.1) is 16.5 Å². The molecule has 3 nitrogen and oxygen atoms in total. The van der Waals surface area contributed by atoms with Crippen LogP contribution in [0.4, 0.5) is 0 Å². The van der Waals surface area contributed by atoms with Crippen LogP contribution < -0.4 is 0 Å². The maximum absolute atomic E-state index is 11.4. The lowest BCUT2D eigenvalue weighted by Gasteiger charge is -2.07. The summed E-state index contributed by atoms with van der Waals surface area (Å²) in [5, 5.41) is 9.20. The number of nitrogens with zero attached hydrogens (tertiary/aromatic N) is 1. The molecular weight excluding hydrogens is 249 g/mol. The van der Waals surface area contributed by atoms with E-state index in [1.54, 1.807) is 24.3 Å². The van der Waals surface area contributed by atoms with Crippen molar-refractivity contribution < 1.29 is 9.53 Å². The molecule has 1 aromatic carbocycles. The second kappa shape index (κ2) is 5.74. The van der Waals surface area contributed by atoms with Crippen LogP contribution in [0.5, 0.6) is 0 Å². The molecule has 0 aliphatic heterocycles. The fraction of sp³-hybridized carbons (Fsp3) is 0.273. The molecule has 0 aliphatic rings. The topological polar surface area (TPSA) is 50.1 Å². The first-order valence-corrected chi connectivity index (χ1v) is 5.32. The smallest absolute Gasteiger partial charge is 0.311 e. The number of carbonyl (C=O) groups is 1. The average molecular weight is 258 g/mol. The number of esters is 1. The molecule has 0 saturated carbocycles. The van der Waals surface area contributed by atoms with E-state index in [9.17, 15) is 4.79 Å². The van der Waals surface area contributed by atoms with E-state index in [0.717, 1.165) is 0 Å². The van der Waals surface area contributed by atoms with Crippen LogP contribution >= 0.6 is 23.2 Å². The standard InChI is InChI=1S/C11H9Cl2NO2/c1-7(6-14)16-10(15)5-8-3-2-4-9(12)11(8)13/h2-4,7H,5H2,1H3. The van der Waals surface area contributed by atoms with Crippen LogP contribution in [0.1, 0.15) is 12.5 Å². The second-order valence-electron chi connectivity index (χ2n) is 3.15. The van der Waals surface area contributed by atoms with E-state index in [1.807, 2.05) is 0 Å². The van der Waals surface area contributed by atoms with Crippen LogP contribution in [-0.2, 0) is 16.0 Å². The minimum Gasteiger partial charge on any atom is -0.447 e. The van der Waals surface area contributed by atoms with Gasteiger partial charge in [-0.1, -0.05) is 35.3 Å². The van der Waals surface area contributed by atoms with Crippen molar-refractivity contribution in [2.75, 3.05) is 0 Å². The van der Waals surface area contributed by atoms with Gasteiger partial charge in [-0.05, 0) is 18.6 Å². The molecule has 16 heavy (non-hydrogen) atoms. The maximum atomic E-state index is 11.4. The highest BCUT2D eigenvalue weighted by Crippen LogP contribution is 2.25. The van der Waals surface area contributed by atoms with Crippen molar-refractivity contribution >= 4 is 29.2 Å². The maximum Gasteiger partial charge on any atom is 0.311 e. The van der Waals surface area contributed by atoms with E-state index < -0.39 is 12.1 Å². The van der Waals surface area contributed by atoms with Gasteiger partial charge in [0.15, 0.2) is 6.10 Å². The molecule has 0 fully saturated rings. The lowest BCUT2D eigenvalue weighted by atomic mass is 10.1. The molecule has 0 bridgehead atoms. The summed E-state index contributed by atoms with van der Waals surface area (Å²) in [7, 11) is 0. The van der Waals surface area contributed by atoms with Crippen LogP contribution in [0, 0.1) is 11.3 Å². The Bertz CT molecular complexity index is 440. The molecule has 1 aromatic rings. The highest BCUT2D eigenvalue weighted by molar-refractivity contribution is 6.42. The summed E-state index contributed by atoms with van der Waals surface area (Å²) >= 11 is 11.7. The first kappa shape index (κ1) is 12.8. The molecule has 0 spiro atoms. The molecular formula is C11H9Cl2NO2. The van der Waals surface area contributed by atoms with Gasteiger partial charge in [-0.2, -0.15) is 5.26 Å². The average Bonchev–Trinajstić information content (AvgIpc) is 2.24. The van der Waals surface area contributed by atoms with Crippen LogP contribution in [0.2, 0.25) is 10.0 Å². The second-order valence-corrected chi connectivity index (χ2v) is 3.94. The largest absolute Gasteiger partial charge is 0.447 e. The third-order valence-corrected chi connectivity index (χ3v) is 2.71. The van der Waals surface area contributed by atoms with Crippen LogP contribution in [0.25, 0.3) is 0 Å². The van der Waals surface area contributed by atoms with Gasteiger partial charge in [-0.3, -0.25) is 4.79 Å². The number of ether oxygens (including phenoxy) is 1. The lowest BCUT2D eigenvalue weighted by molar-refractivity contribution is -0.145. The number of carbonyl (C=O) groups excluding carboxylic acids is 1. The summed E-state index contributed by atoms with van der Waals surface area (Å²) in [6, 6.07) is 6.83. The summed E-state index contributed by atoms with van der Waals surface area (Å²) < 4.78 is 4.80. The molecule has 0 heterocycles. The van der Waals surface area contributed by atoms with Crippen molar-refractivity contribution in [1.82, 2.24) is 0 Å². The third-order valence-electron chi connectivity index (χ3n) is 1.86. The fourth-order valence-electron chi connectivity index (χ4n) is 1.11. The molecule has 1 rings (SSSR count). The van der Waals surface area contributed by atoms with Crippen molar-refractivity contribution in [2.24, 2.45) is 0 Å². The van der Waals surface area contributed by atoms with Crippen molar-refractivity contribution in [1.29, 1.82) is 5.26 Å². The molecule has 1 atom stereocenters. The quantitative estimate of drug-likeness (QED) is 0.783. The van der Waals surface area contributed by atoms with E-state index in [-0.39, 0.29) is 6.42 Å². The number of hydrogen-bond donors (Lipinski definition) is 0. The monoisotopic (exact) mass is 257 g/mol. The van der Waals surface area contributed by atoms with Crippen molar-refractivity contribution in [3.05, 3.63) is 33.8 Å². The predicted molar refractivity (Wildman–Crippen MR) is 61.3 cm³/mol. The van der Waals surface area contributed by atoms with E-state index in [4.69, 9.17) is 33.2 Å². The zero-order valence-electron chi connectivity index (χ0n) is 8.54. The Kier molecular flexibility index (Phi) is 4.60. The van der Waals surface area contributed by atoms with E-state index in [0.29, 0.717) is 15.6 Å². The Balaban J connectivity index is 2.71. The summed E-state index contributed by atoms with van der Waals surface area (Å²) in [4.78, 5) is 11.4. The Morgan fingerprint density at radius 2 is 2.25 bits per heavy atom. The third kappa shape index (κ3) is 3.41. The first-order chi connectivity index (χ1) is 7.54. The molecule has 0 amide bonds. The Hall–Kier alpha value is -1.24. The van der Waals surface area contributed by atoms with Gasteiger partial charge in [-0.15, -0.1) is 0 Å². The van der Waals surface area contributed by atoms with Gasteiger partial charge in [0.1, 0.15) is 6.07 Å². The number of nitriles is 1. The lowest BCUT2D eigenvalue weighted by Crippen LogP contribution is -2.15. The number of rotatable bonds is 3. The van der Waals surface area contributed by atoms with Crippen molar-refractivity contribution in [2.45, 2.75) is 19.4 Å². The fourth-order valence-corrected chi connectivity index (χ4v) is 1.49. The van der Waals surface area contributed by atoms with Gasteiger partial charge in [0.25, 0.3) is 0 Å². The van der Waals surface area contributed by atoms with Crippen molar-refractivity contribution in [3.8, 4) is 6.07 Å². The zero-order valence-corrected chi connectivity index (χ0v) is 10.0. The number of halogens is 2. The molecule has 1 unspecified atom stereocenters. The minimum atomic E-state index is -0.759. The van der Waals surface area contributed by atoms with Gasteiger partial charge in [-0.25, -0.2) is 0 Å². The van der Waals surface area contributed by atoms with Gasteiger partial charge < -0.3 is 4.74 Å². The minimum absolute atomic E-state index is 0.00537. The van der Waals surface area contributed by atoms with E-state index in [1.165, 1.54) is 6.92 Å². The highest BCUT2D eigenvalue weighted by Gasteiger charge is 2.12. The summed E-state index contributed by atoms with van der Waals surface area (Å²) in [6.07, 6.45) is -0.753. The summed E-state index contributed by atoms with van der Waals surface area (Å²) in [6.45, 7) is 1.50. The van der Waals surface area contributed by atoms with Gasteiger partial charge in [0, 0.05) is 0 Å². The first-order valence-electron chi connectivity index (χ1n) is 4.56. The van der Waals surface area contributed by atoms with Crippen LogP contribution in [-0.4, -0.2) is 12.1 Å². The number of benzene rings is 1. The molecule has 5 heteroatoms. The van der Waals surface area contributed by atoms with E-state index in [2.05, 4.69) is 0 Å². The zero-order chi connectivity index (χ0) is 12.1. The predicted octanol–water partition coefficient (Wildman–Crippen LogP) is 2.99. The molecule has 0 aliphatic carbocycles. The van der Waals surface area contributed by atoms with Gasteiger partial charge in [0.2, 0.25) is 0 Å². The Morgan fingerprint density at radius 3 is 2.88 bits per heavy atom. The van der Waals surface area contributed by atoms with Crippen LogP contribution in [0.3, 0.4) is 0 Å². The summed E-state index contributed by atoms with van der Waals surface area (Å²) in [5.41, 5.74) is 0.587. The number of hydrogen-bond acceptors (Lipinski definition) is 3. The Labute approximate surface area is 104 Å².